The summed E-state index contributed by atoms with van der Waals surface area (Å²) < 4.78 is 0. The van der Waals surface area contributed by atoms with Crippen molar-refractivity contribution in [1.29, 1.82) is 0 Å². The summed E-state index contributed by atoms with van der Waals surface area (Å²) in [5, 5.41) is 13.2. The summed E-state index contributed by atoms with van der Waals surface area (Å²) in [6.45, 7) is 7.75. The molecule has 0 aliphatic heterocycles. The number of hydrogen-bond donors (Lipinski definition) is 2. The Balaban J connectivity index is 2.30. The van der Waals surface area contributed by atoms with Gasteiger partial charge in [0.05, 0.1) is 6.61 Å². The smallest absolute Gasteiger partial charge is 0.0613 e. The highest BCUT2D eigenvalue weighted by atomic mass is 32.2. The maximum Gasteiger partial charge on any atom is 0.0613 e. The molecule has 1 aromatic carbocycles. The summed E-state index contributed by atoms with van der Waals surface area (Å²) in [5.74, 6) is 2.25. The predicted molar refractivity (Wildman–Crippen MR) is 95.0 cm³/mol. The van der Waals surface area contributed by atoms with Crippen LogP contribution in [0, 0.1) is 6.92 Å². The minimum Gasteiger partial charge on any atom is -0.394 e. The van der Waals surface area contributed by atoms with Gasteiger partial charge in [-0.1, -0.05) is 38.1 Å². The molecule has 0 radical (unpaired) electrons. The quantitative estimate of drug-likeness (QED) is 0.602. The summed E-state index contributed by atoms with van der Waals surface area (Å²) in [5.41, 5.74) is 2.75. The van der Waals surface area contributed by atoms with E-state index in [1.165, 1.54) is 11.1 Å². The lowest BCUT2D eigenvalue weighted by molar-refractivity contribution is 0.146. The van der Waals surface area contributed by atoms with Crippen molar-refractivity contribution in [2.75, 3.05) is 18.9 Å². The van der Waals surface area contributed by atoms with Gasteiger partial charge in [0.15, 0.2) is 0 Å². The first kappa shape index (κ1) is 18.5. The molecule has 0 aromatic heterocycles. The third-order valence-corrected chi connectivity index (χ3v) is 5.28. The lowest BCUT2D eigenvalue weighted by atomic mass is 9.91. The van der Waals surface area contributed by atoms with E-state index in [9.17, 15) is 5.11 Å². The zero-order valence-electron chi connectivity index (χ0n) is 13.8. The van der Waals surface area contributed by atoms with E-state index in [-0.39, 0.29) is 12.1 Å². The lowest BCUT2D eigenvalue weighted by Gasteiger charge is -2.32. The summed E-state index contributed by atoms with van der Waals surface area (Å²) in [4.78, 5) is 0. The molecule has 0 fully saturated rings. The van der Waals surface area contributed by atoms with Gasteiger partial charge in [-0.05, 0) is 56.0 Å². The number of rotatable bonds is 11. The number of aliphatic hydroxyl groups is 1. The molecule has 3 heteroatoms. The van der Waals surface area contributed by atoms with Gasteiger partial charge in [-0.3, -0.25) is 0 Å². The molecule has 0 heterocycles. The maximum absolute atomic E-state index is 9.70. The molecule has 120 valence electrons. The van der Waals surface area contributed by atoms with E-state index < -0.39 is 0 Å². The van der Waals surface area contributed by atoms with Crippen LogP contribution < -0.4 is 5.32 Å². The van der Waals surface area contributed by atoms with Crippen LogP contribution in [0.15, 0.2) is 24.3 Å². The lowest BCUT2D eigenvalue weighted by Crippen LogP contribution is -2.48. The molecule has 0 aliphatic carbocycles. The van der Waals surface area contributed by atoms with Crippen LogP contribution in [0.3, 0.4) is 0 Å². The van der Waals surface area contributed by atoms with Crippen molar-refractivity contribution >= 4 is 11.8 Å². The molecular weight excluding hydrogens is 278 g/mol. The molecule has 1 aromatic rings. The molecule has 0 aliphatic rings. The van der Waals surface area contributed by atoms with Gasteiger partial charge in [0.25, 0.3) is 0 Å². The fourth-order valence-electron chi connectivity index (χ4n) is 2.49. The normalized spacial score (nSPS) is 14.1. The average Bonchev–Trinajstić information content (AvgIpc) is 2.52. The van der Waals surface area contributed by atoms with Crippen molar-refractivity contribution in [3.05, 3.63) is 35.4 Å². The van der Waals surface area contributed by atoms with Gasteiger partial charge in [0.2, 0.25) is 0 Å². The Bertz CT molecular complexity index is 391. The standard InChI is InChI=1S/C18H31NOS/c1-4-12-19-18(5-2,15-20)11-8-13-21-14-17-10-7-6-9-16(17)3/h6-7,9-10,19-20H,4-5,8,11-15H2,1-3H3. The number of benzene rings is 1. The predicted octanol–water partition coefficient (Wildman–Crippen LogP) is 4.15. The fourth-order valence-corrected chi connectivity index (χ4v) is 3.53. The average molecular weight is 310 g/mol. The van der Waals surface area contributed by atoms with Gasteiger partial charge in [0.1, 0.15) is 0 Å². The molecule has 0 spiro atoms. The van der Waals surface area contributed by atoms with Gasteiger partial charge >= 0.3 is 0 Å². The highest BCUT2D eigenvalue weighted by Crippen LogP contribution is 2.21. The highest BCUT2D eigenvalue weighted by molar-refractivity contribution is 7.98. The van der Waals surface area contributed by atoms with Crippen molar-refractivity contribution in [2.45, 2.75) is 57.7 Å². The Morgan fingerprint density at radius 1 is 1.24 bits per heavy atom. The fraction of sp³-hybridized carbons (Fsp3) is 0.667. The molecular formula is C18H31NOS. The number of aryl methyl sites for hydroxylation is 1. The number of thioether (sulfide) groups is 1. The molecule has 0 saturated carbocycles. The Labute approximate surface area is 134 Å². The van der Waals surface area contributed by atoms with Crippen LogP contribution in [-0.2, 0) is 5.75 Å². The van der Waals surface area contributed by atoms with Crippen molar-refractivity contribution in [1.82, 2.24) is 5.32 Å². The summed E-state index contributed by atoms with van der Waals surface area (Å²) in [6.07, 6.45) is 4.32. The second-order valence-electron chi connectivity index (χ2n) is 5.80. The molecule has 2 nitrogen and oxygen atoms in total. The highest BCUT2D eigenvalue weighted by Gasteiger charge is 2.25. The third kappa shape index (κ3) is 6.41. The van der Waals surface area contributed by atoms with E-state index >= 15 is 0 Å². The van der Waals surface area contributed by atoms with E-state index in [4.69, 9.17) is 0 Å². The number of aliphatic hydroxyl groups excluding tert-OH is 1. The largest absolute Gasteiger partial charge is 0.394 e. The molecule has 1 unspecified atom stereocenters. The van der Waals surface area contributed by atoms with Crippen molar-refractivity contribution in [2.24, 2.45) is 0 Å². The molecule has 1 rings (SSSR count). The molecule has 0 bridgehead atoms. The van der Waals surface area contributed by atoms with E-state index in [2.05, 4.69) is 50.4 Å². The van der Waals surface area contributed by atoms with Gasteiger partial charge in [-0.25, -0.2) is 0 Å². The van der Waals surface area contributed by atoms with E-state index in [0.717, 1.165) is 43.7 Å². The van der Waals surface area contributed by atoms with Gasteiger partial charge in [-0.2, -0.15) is 11.8 Å². The molecule has 1 atom stereocenters. The van der Waals surface area contributed by atoms with Crippen LogP contribution in [0.5, 0.6) is 0 Å². The number of nitrogens with one attached hydrogen (secondary N) is 1. The molecule has 0 saturated heterocycles. The minimum absolute atomic E-state index is 0.0702. The van der Waals surface area contributed by atoms with Crippen LogP contribution in [-0.4, -0.2) is 29.5 Å². The van der Waals surface area contributed by atoms with Gasteiger partial charge in [-0.15, -0.1) is 0 Å². The summed E-state index contributed by atoms with van der Waals surface area (Å²) in [6, 6.07) is 8.61. The first-order valence-electron chi connectivity index (χ1n) is 8.15. The minimum atomic E-state index is -0.0702. The molecule has 21 heavy (non-hydrogen) atoms. The Morgan fingerprint density at radius 3 is 2.62 bits per heavy atom. The van der Waals surface area contributed by atoms with Crippen LogP contribution in [0.25, 0.3) is 0 Å². The van der Waals surface area contributed by atoms with E-state index in [0.29, 0.717) is 0 Å². The van der Waals surface area contributed by atoms with Crippen LogP contribution >= 0.6 is 11.8 Å². The van der Waals surface area contributed by atoms with Gasteiger partial charge in [0, 0.05) is 11.3 Å². The zero-order valence-corrected chi connectivity index (χ0v) is 14.6. The second kappa shape index (κ2) is 10.3. The van der Waals surface area contributed by atoms with Crippen molar-refractivity contribution in [3.63, 3.8) is 0 Å². The molecule has 2 N–H and O–H groups in total. The maximum atomic E-state index is 9.70. The molecule has 0 amide bonds. The zero-order chi connectivity index (χ0) is 15.6. The summed E-state index contributed by atoms with van der Waals surface area (Å²) in [7, 11) is 0. The number of hydrogen-bond acceptors (Lipinski definition) is 3. The van der Waals surface area contributed by atoms with Crippen LogP contribution in [0.2, 0.25) is 0 Å². The Kier molecular flexibility index (Phi) is 9.05. The van der Waals surface area contributed by atoms with E-state index in [1.54, 1.807) is 0 Å². The van der Waals surface area contributed by atoms with Crippen molar-refractivity contribution < 1.29 is 5.11 Å². The SMILES string of the molecule is CCCNC(CC)(CO)CCCSCc1ccccc1C. The Hall–Kier alpha value is -0.510. The first-order chi connectivity index (χ1) is 10.2. The Morgan fingerprint density at radius 2 is 2.00 bits per heavy atom. The monoisotopic (exact) mass is 309 g/mol. The first-order valence-corrected chi connectivity index (χ1v) is 9.31. The van der Waals surface area contributed by atoms with E-state index in [1.807, 2.05) is 11.8 Å². The van der Waals surface area contributed by atoms with Crippen LogP contribution in [0.1, 0.15) is 50.7 Å². The second-order valence-corrected chi connectivity index (χ2v) is 6.91. The third-order valence-electron chi connectivity index (χ3n) is 4.19. The van der Waals surface area contributed by atoms with Gasteiger partial charge < -0.3 is 10.4 Å². The van der Waals surface area contributed by atoms with Crippen LogP contribution in [0.4, 0.5) is 0 Å². The summed E-state index contributed by atoms with van der Waals surface area (Å²) >= 11 is 2.00. The topological polar surface area (TPSA) is 32.3 Å². The van der Waals surface area contributed by atoms with Crippen molar-refractivity contribution in [3.8, 4) is 0 Å².